The van der Waals surface area contributed by atoms with Crippen LogP contribution in [0.4, 0.5) is 5.69 Å². The van der Waals surface area contributed by atoms with Crippen molar-refractivity contribution in [2.75, 3.05) is 6.61 Å². The molecule has 0 heterocycles. The van der Waals surface area contributed by atoms with Gasteiger partial charge in [0.25, 0.3) is 5.91 Å². The van der Waals surface area contributed by atoms with Crippen LogP contribution in [0.25, 0.3) is 0 Å². The first-order chi connectivity index (χ1) is 11.6. The van der Waals surface area contributed by atoms with Crippen LogP contribution in [-0.2, 0) is 4.79 Å². The monoisotopic (exact) mass is 330 g/mol. The van der Waals surface area contributed by atoms with Gasteiger partial charge in [-0.3, -0.25) is 14.9 Å². The number of carbonyl (C=O) groups excluding carboxylic acids is 1. The van der Waals surface area contributed by atoms with Crippen LogP contribution >= 0.6 is 0 Å². The second-order valence-corrected chi connectivity index (χ2v) is 7.34. The van der Waals surface area contributed by atoms with Gasteiger partial charge in [-0.25, -0.2) is 0 Å². The smallest absolute Gasteiger partial charge is 0.310 e. The van der Waals surface area contributed by atoms with Gasteiger partial charge in [0.1, 0.15) is 0 Å². The Morgan fingerprint density at radius 3 is 2.83 bits per heavy atom. The van der Waals surface area contributed by atoms with Crippen molar-refractivity contribution in [1.82, 2.24) is 5.32 Å². The molecule has 1 aromatic carbocycles. The van der Waals surface area contributed by atoms with Crippen molar-refractivity contribution >= 4 is 11.6 Å². The summed E-state index contributed by atoms with van der Waals surface area (Å²) in [5.41, 5.74) is -0.112. The number of para-hydroxylation sites is 2. The summed E-state index contributed by atoms with van der Waals surface area (Å²) in [6, 6.07) is 6.40. The molecule has 3 aliphatic carbocycles. The van der Waals surface area contributed by atoms with Crippen LogP contribution in [0.1, 0.15) is 32.1 Å². The van der Waals surface area contributed by atoms with Gasteiger partial charge in [-0.1, -0.05) is 18.6 Å². The van der Waals surface area contributed by atoms with Gasteiger partial charge in [-0.05, 0) is 55.4 Å². The first-order valence-electron chi connectivity index (χ1n) is 8.79. The number of benzene rings is 1. The summed E-state index contributed by atoms with van der Waals surface area (Å²) in [7, 11) is 0. The highest BCUT2D eigenvalue weighted by atomic mass is 16.6. The minimum Gasteiger partial charge on any atom is -0.477 e. The number of hydrogen-bond donors (Lipinski definition) is 1. The molecule has 0 radical (unpaired) electrons. The molecule has 4 rings (SSSR count). The summed E-state index contributed by atoms with van der Waals surface area (Å²) >= 11 is 0. The summed E-state index contributed by atoms with van der Waals surface area (Å²) in [5.74, 6) is 3.06. The number of hydrogen-bond acceptors (Lipinski definition) is 4. The fourth-order valence-electron chi connectivity index (χ4n) is 5.36. The number of nitrogens with one attached hydrogen (secondary N) is 1. The average molecular weight is 330 g/mol. The van der Waals surface area contributed by atoms with Crippen molar-refractivity contribution in [1.29, 1.82) is 0 Å². The highest BCUT2D eigenvalue weighted by molar-refractivity contribution is 5.78. The molecule has 6 heteroatoms. The minimum absolute atomic E-state index is 0.112. The molecule has 3 saturated carbocycles. The van der Waals surface area contributed by atoms with E-state index < -0.39 is 4.92 Å². The number of rotatable bonds is 5. The van der Waals surface area contributed by atoms with Crippen molar-refractivity contribution in [2.45, 2.75) is 38.1 Å². The van der Waals surface area contributed by atoms with Gasteiger partial charge in [0.05, 0.1) is 4.92 Å². The Balaban J connectivity index is 1.33. The van der Waals surface area contributed by atoms with Crippen LogP contribution in [0, 0.1) is 33.8 Å². The zero-order chi connectivity index (χ0) is 16.7. The van der Waals surface area contributed by atoms with Crippen LogP contribution in [0.5, 0.6) is 5.75 Å². The van der Waals surface area contributed by atoms with Gasteiger partial charge < -0.3 is 10.1 Å². The third kappa shape index (κ3) is 2.64. The van der Waals surface area contributed by atoms with E-state index in [2.05, 4.69) is 5.32 Å². The molecule has 2 bridgehead atoms. The number of amides is 1. The largest absolute Gasteiger partial charge is 0.477 e. The standard InChI is InChI=1S/C18H22N2O4/c21-18(10-24-17-7-2-1-6-16(17)20(22)23)19-15-9-11-8-14(15)13-5-3-4-12(11)13/h1-2,6-7,11-15H,3-5,8-10H2,(H,19,21)/t11-,12-,13-,14+,15-/m1/s1. The molecule has 6 nitrogen and oxygen atoms in total. The predicted molar refractivity (Wildman–Crippen MR) is 87.6 cm³/mol. The van der Waals surface area contributed by atoms with Crippen LogP contribution in [0.15, 0.2) is 24.3 Å². The number of ether oxygens (including phenoxy) is 1. The van der Waals surface area contributed by atoms with E-state index in [1.807, 2.05) is 0 Å². The summed E-state index contributed by atoms with van der Waals surface area (Å²) in [4.78, 5) is 22.7. The number of nitro groups is 1. The van der Waals surface area contributed by atoms with Crippen molar-refractivity contribution in [3.8, 4) is 5.75 Å². The predicted octanol–water partition coefficient (Wildman–Crippen LogP) is 2.91. The van der Waals surface area contributed by atoms with Gasteiger partial charge in [0, 0.05) is 12.1 Å². The van der Waals surface area contributed by atoms with Gasteiger partial charge in [-0.2, -0.15) is 0 Å². The summed E-state index contributed by atoms with van der Waals surface area (Å²) in [6.07, 6.45) is 6.36. The Labute approximate surface area is 140 Å². The van der Waals surface area contributed by atoms with Crippen LogP contribution in [-0.4, -0.2) is 23.5 Å². The SMILES string of the molecule is O=C(COc1ccccc1[N+](=O)[O-])N[C@@H]1C[C@H]2C[C@H]1[C@@H]1CCC[C@H]21. The fourth-order valence-corrected chi connectivity index (χ4v) is 5.36. The first-order valence-corrected chi connectivity index (χ1v) is 8.79. The Morgan fingerprint density at radius 1 is 1.21 bits per heavy atom. The zero-order valence-electron chi connectivity index (χ0n) is 13.5. The normalized spacial score (nSPS) is 33.2. The lowest BCUT2D eigenvalue weighted by atomic mass is 9.79. The Kier molecular flexibility index (Phi) is 3.90. The molecule has 1 aromatic rings. The molecule has 3 fully saturated rings. The first kappa shape index (κ1) is 15.4. The molecule has 0 unspecified atom stereocenters. The lowest BCUT2D eigenvalue weighted by molar-refractivity contribution is -0.385. The molecule has 1 amide bonds. The van der Waals surface area contributed by atoms with Gasteiger partial charge >= 0.3 is 5.69 Å². The third-order valence-corrected chi connectivity index (χ3v) is 6.20. The molecule has 0 spiro atoms. The molecular formula is C18H22N2O4. The molecule has 5 atom stereocenters. The number of nitro benzene ring substituents is 1. The fraction of sp³-hybridized carbons (Fsp3) is 0.611. The minimum atomic E-state index is -0.497. The molecule has 0 saturated heterocycles. The zero-order valence-corrected chi connectivity index (χ0v) is 13.5. The van der Waals surface area contributed by atoms with Crippen molar-refractivity contribution < 1.29 is 14.5 Å². The molecule has 3 aliphatic rings. The summed E-state index contributed by atoms with van der Waals surface area (Å²) in [6.45, 7) is -0.174. The van der Waals surface area contributed by atoms with Crippen LogP contribution in [0.3, 0.4) is 0 Å². The summed E-state index contributed by atoms with van der Waals surface area (Å²) < 4.78 is 5.38. The Hall–Kier alpha value is -2.11. The van der Waals surface area contributed by atoms with Gasteiger partial charge in [0.2, 0.25) is 0 Å². The average Bonchev–Trinajstić information content (AvgIpc) is 3.25. The maximum Gasteiger partial charge on any atom is 0.310 e. The molecule has 1 N–H and O–H groups in total. The van der Waals surface area contributed by atoms with Crippen LogP contribution in [0.2, 0.25) is 0 Å². The molecule has 0 aliphatic heterocycles. The highest BCUT2D eigenvalue weighted by Crippen LogP contribution is 2.58. The lowest BCUT2D eigenvalue weighted by Gasteiger charge is -2.32. The van der Waals surface area contributed by atoms with E-state index in [0.717, 1.165) is 24.2 Å². The number of nitrogens with zero attached hydrogens (tertiary/aromatic N) is 1. The van der Waals surface area contributed by atoms with Crippen molar-refractivity contribution in [2.24, 2.45) is 23.7 Å². The van der Waals surface area contributed by atoms with Crippen molar-refractivity contribution in [3.63, 3.8) is 0 Å². The summed E-state index contributed by atoms with van der Waals surface area (Å²) in [5, 5.41) is 14.1. The second kappa shape index (κ2) is 6.07. The van der Waals surface area contributed by atoms with Gasteiger partial charge in [0.15, 0.2) is 12.4 Å². The maximum absolute atomic E-state index is 12.2. The van der Waals surface area contributed by atoms with E-state index in [4.69, 9.17) is 4.74 Å². The molecule has 24 heavy (non-hydrogen) atoms. The van der Waals surface area contributed by atoms with E-state index in [1.54, 1.807) is 12.1 Å². The second-order valence-electron chi connectivity index (χ2n) is 7.34. The van der Waals surface area contributed by atoms with Crippen LogP contribution < -0.4 is 10.1 Å². The molecule has 128 valence electrons. The Morgan fingerprint density at radius 2 is 2.00 bits per heavy atom. The number of carbonyl (C=O) groups is 1. The topological polar surface area (TPSA) is 81.5 Å². The van der Waals surface area contributed by atoms with E-state index in [-0.39, 0.29) is 30.0 Å². The highest BCUT2D eigenvalue weighted by Gasteiger charge is 2.53. The molecular weight excluding hydrogens is 308 g/mol. The molecule has 0 aromatic heterocycles. The Bertz CT molecular complexity index is 662. The quantitative estimate of drug-likeness (QED) is 0.665. The van der Waals surface area contributed by atoms with E-state index >= 15 is 0 Å². The lowest BCUT2D eigenvalue weighted by Crippen LogP contribution is -2.44. The van der Waals surface area contributed by atoms with E-state index in [1.165, 1.54) is 37.8 Å². The van der Waals surface area contributed by atoms with Gasteiger partial charge in [-0.15, -0.1) is 0 Å². The number of fused-ring (bicyclic) bond motifs is 5. The van der Waals surface area contributed by atoms with Crippen molar-refractivity contribution in [3.05, 3.63) is 34.4 Å². The van der Waals surface area contributed by atoms with E-state index in [0.29, 0.717) is 5.92 Å². The van der Waals surface area contributed by atoms with E-state index in [9.17, 15) is 14.9 Å². The maximum atomic E-state index is 12.2. The third-order valence-electron chi connectivity index (χ3n) is 6.20.